The Labute approximate surface area is 114 Å². The summed E-state index contributed by atoms with van der Waals surface area (Å²) in [5.41, 5.74) is 2.41. The second-order valence-electron chi connectivity index (χ2n) is 4.94. The Kier molecular flexibility index (Phi) is 5.01. The van der Waals surface area contributed by atoms with Gasteiger partial charge < -0.3 is 5.11 Å². The molecule has 0 aliphatic carbocycles. The van der Waals surface area contributed by atoms with Gasteiger partial charge in [-0.15, -0.1) is 0 Å². The first-order valence-corrected chi connectivity index (χ1v) is 6.87. The van der Waals surface area contributed by atoms with Crippen molar-refractivity contribution in [3.8, 4) is 0 Å². The van der Waals surface area contributed by atoms with Crippen LogP contribution in [-0.2, 0) is 6.54 Å². The van der Waals surface area contributed by atoms with Crippen molar-refractivity contribution >= 4 is 11.6 Å². The average molecular weight is 269 g/mol. The maximum atomic E-state index is 8.91. The molecular formula is C14H21ClN2O. The van der Waals surface area contributed by atoms with Crippen LogP contribution in [0.4, 0.5) is 0 Å². The minimum Gasteiger partial charge on any atom is -0.395 e. The molecule has 1 aliphatic rings. The fourth-order valence-electron chi connectivity index (χ4n) is 2.33. The molecule has 1 aromatic rings. The Hall–Kier alpha value is -0.610. The van der Waals surface area contributed by atoms with Gasteiger partial charge in [0.05, 0.1) is 6.61 Å². The molecule has 18 heavy (non-hydrogen) atoms. The molecule has 100 valence electrons. The Bertz CT molecular complexity index is 389. The van der Waals surface area contributed by atoms with Crippen LogP contribution in [0.25, 0.3) is 0 Å². The molecule has 0 radical (unpaired) electrons. The molecule has 1 N–H and O–H groups in total. The molecule has 0 spiro atoms. The van der Waals surface area contributed by atoms with Crippen LogP contribution in [0, 0.1) is 6.92 Å². The van der Waals surface area contributed by atoms with Crippen molar-refractivity contribution in [2.45, 2.75) is 13.5 Å². The summed E-state index contributed by atoms with van der Waals surface area (Å²) >= 11 is 6.26. The standard InChI is InChI=1S/C14H21ClN2O/c1-12-2-3-13(14(15)10-12)11-17-6-4-16(5-7-17)8-9-18/h2-3,10,18H,4-9,11H2,1H3. The highest BCUT2D eigenvalue weighted by atomic mass is 35.5. The molecule has 0 amide bonds. The highest BCUT2D eigenvalue weighted by Gasteiger charge is 2.17. The van der Waals surface area contributed by atoms with E-state index in [-0.39, 0.29) is 6.61 Å². The van der Waals surface area contributed by atoms with E-state index in [1.165, 1.54) is 11.1 Å². The van der Waals surface area contributed by atoms with E-state index in [4.69, 9.17) is 16.7 Å². The van der Waals surface area contributed by atoms with Gasteiger partial charge in [-0.3, -0.25) is 9.80 Å². The van der Waals surface area contributed by atoms with Crippen molar-refractivity contribution in [2.24, 2.45) is 0 Å². The number of aliphatic hydroxyl groups is 1. The van der Waals surface area contributed by atoms with Crippen LogP contribution in [0.15, 0.2) is 18.2 Å². The lowest BCUT2D eigenvalue weighted by Gasteiger charge is -2.34. The second-order valence-corrected chi connectivity index (χ2v) is 5.34. The fraction of sp³-hybridized carbons (Fsp3) is 0.571. The lowest BCUT2D eigenvalue weighted by Crippen LogP contribution is -2.46. The highest BCUT2D eigenvalue weighted by Crippen LogP contribution is 2.19. The minimum atomic E-state index is 0.254. The molecule has 0 unspecified atom stereocenters. The molecule has 0 bridgehead atoms. The molecule has 2 rings (SSSR count). The van der Waals surface area contributed by atoms with Crippen LogP contribution < -0.4 is 0 Å². The summed E-state index contributed by atoms with van der Waals surface area (Å²) in [5.74, 6) is 0. The Balaban J connectivity index is 1.87. The van der Waals surface area contributed by atoms with Gasteiger partial charge in [0.1, 0.15) is 0 Å². The second kappa shape index (κ2) is 6.53. The van der Waals surface area contributed by atoms with E-state index in [0.29, 0.717) is 0 Å². The van der Waals surface area contributed by atoms with Crippen LogP contribution in [0.5, 0.6) is 0 Å². The predicted octanol–water partition coefficient (Wildman–Crippen LogP) is 1.76. The van der Waals surface area contributed by atoms with E-state index >= 15 is 0 Å². The Morgan fingerprint density at radius 3 is 2.44 bits per heavy atom. The summed E-state index contributed by atoms with van der Waals surface area (Å²) in [5, 5.41) is 9.78. The number of nitrogens with zero attached hydrogens (tertiary/aromatic N) is 2. The van der Waals surface area contributed by atoms with Crippen molar-refractivity contribution in [3.05, 3.63) is 34.3 Å². The third kappa shape index (κ3) is 3.69. The normalized spacial score (nSPS) is 18.2. The van der Waals surface area contributed by atoms with Gasteiger partial charge in [0.25, 0.3) is 0 Å². The molecule has 1 aliphatic heterocycles. The number of hydrogen-bond donors (Lipinski definition) is 1. The van der Waals surface area contributed by atoms with Crippen LogP contribution in [0.2, 0.25) is 5.02 Å². The number of aryl methyl sites for hydroxylation is 1. The smallest absolute Gasteiger partial charge is 0.0558 e. The van der Waals surface area contributed by atoms with E-state index in [0.717, 1.165) is 44.3 Å². The monoisotopic (exact) mass is 268 g/mol. The molecule has 1 fully saturated rings. The first-order chi connectivity index (χ1) is 8.69. The number of aliphatic hydroxyl groups excluding tert-OH is 1. The summed E-state index contributed by atoms with van der Waals surface area (Å²) in [6, 6.07) is 6.26. The van der Waals surface area contributed by atoms with Gasteiger partial charge in [-0.25, -0.2) is 0 Å². The molecule has 1 heterocycles. The lowest BCUT2D eigenvalue weighted by atomic mass is 10.1. The summed E-state index contributed by atoms with van der Waals surface area (Å²) in [7, 11) is 0. The maximum absolute atomic E-state index is 8.91. The van der Waals surface area contributed by atoms with Gasteiger partial charge in [0.2, 0.25) is 0 Å². The van der Waals surface area contributed by atoms with Crippen molar-refractivity contribution in [1.82, 2.24) is 9.80 Å². The van der Waals surface area contributed by atoms with Gasteiger partial charge in [-0.05, 0) is 24.1 Å². The summed E-state index contributed by atoms with van der Waals surface area (Å²) in [6.45, 7) is 8.18. The highest BCUT2D eigenvalue weighted by molar-refractivity contribution is 6.31. The van der Waals surface area contributed by atoms with Gasteiger partial charge in [-0.2, -0.15) is 0 Å². The van der Waals surface area contributed by atoms with Gasteiger partial charge >= 0.3 is 0 Å². The van der Waals surface area contributed by atoms with Crippen LogP contribution >= 0.6 is 11.6 Å². The number of β-amino-alcohol motifs (C(OH)–C–C–N with tert-alkyl or cyclic N) is 1. The molecular weight excluding hydrogens is 248 g/mol. The average Bonchev–Trinajstić information content (AvgIpc) is 2.35. The van der Waals surface area contributed by atoms with Gasteiger partial charge in [0.15, 0.2) is 0 Å². The van der Waals surface area contributed by atoms with Crippen LogP contribution in [0.1, 0.15) is 11.1 Å². The third-order valence-electron chi connectivity index (χ3n) is 3.48. The molecule has 3 nitrogen and oxygen atoms in total. The maximum Gasteiger partial charge on any atom is 0.0558 e. The largest absolute Gasteiger partial charge is 0.395 e. The predicted molar refractivity (Wildman–Crippen MR) is 75.0 cm³/mol. The number of piperazine rings is 1. The Morgan fingerprint density at radius 2 is 1.83 bits per heavy atom. The SMILES string of the molecule is Cc1ccc(CN2CCN(CCO)CC2)c(Cl)c1. The summed E-state index contributed by atoms with van der Waals surface area (Å²) < 4.78 is 0. The van der Waals surface area contributed by atoms with Crippen LogP contribution in [0.3, 0.4) is 0 Å². The molecule has 0 saturated carbocycles. The fourth-order valence-corrected chi connectivity index (χ4v) is 2.63. The van der Waals surface area contributed by atoms with Crippen molar-refractivity contribution in [3.63, 3.8) is 0 Å². The van der Waals surface area contributed by atoms with Gasteiger partial charge in [-0.1, -0.05) is 23.7 Å². The van der Waals surface area contributed by atoms with Crippen molar-refractivity contribution in [2.75, 3.05) is 39.3 Å². The van der Waals surface area contributed by atoms with Crippen molar-refractivity contribution in [1.29, 1.82) is 0 Å². The lowest BCUT2D eigenvalue weighted by molar-refractivity contribution is 0.108. The molecule has 0 atom stereocenters. The topological polar surface area (TPSA) is 26.7 Å². The molecule has 1 aromatic carbocycles. The van der Waals surface area contributed by atoms with Crippen LogP contribution in [-0.4, -0.2) is 54.2 Å². The number of benzene rings is 1. The van der Waals surface area contributed by atoms with Gasteiger partial charge in [0, 0.05) is 44.3 Å². The molecule has 0 aromatic heterocycles. The first kappa shape index (κ1) is 13.8. The zero-order valence-electron chi connectivity index (χ0n) is 10.9. The van der Waals surface area contributed by atoms with E-state index in [1.54, 1.807) is 0 Å². The van der Waals surface area contributed by atoms with E-state index in [9.17, 15) is 0 Å². The minimum absolute atomic E-state index is 0.254. The zero-order chi connectivity index (χ0) is 13.0. The van der Waals surface area contributed by atoms with Crippen molar-refractivity contribution < 1.29 is 5.11 Å². The first-order valence-electron chi connectivity index (χ1n) is 6.49. The summed E-state index contributed by atoms with van der Waals surface area (Å²) in [6.07, 6.45) is 0. The molecule has 1 saturated heterocycles. The number of rotatable bonds is 4. The zero-order valence-corrected chi connectivity index (χ0v) is 11.7. The quantitative estimate of drug-likeness (QED) is 0.902. The summed E-state index contributed by atoms with van der Waals surface area (Å²) in [4.78, 5) is 4.72. The number of hydrogen-bond acceptors (Lipinski definition) is 3. The van der Waals surface area contributed by atoms with E-state index in [2.05, 4.69) is 28.9 Å². The van der Waals surface area contributed by atoms with E-state index in [1.807, 2.05) is 6.07 Å². The third-order valence-corrected chi connectivity index (χ3v) is 3.84. The van der Waals surface area contributed by atoms with E-state index < -0.39 is 0 Å². The Morgan fingerprint density at radius 1 is 1.17 bits per heavy atom. The number of halogens is 1. The molecule has 4 heteroatoms.